The second-order valence-electron chi connectivity index (χ2n) is 5.94. The zero-order valence-corrected chi connectivity index (χ0v) is 14.4. The zero-order chi connectivity index (χ0) is 18.0. The van der Waals surface area contributed by atoms with Gasteiger partial charge in [-0.2, -0.15) is 10.4 Å². The van der Waals surface area contributed by atoms with E-state index in [1.54, 1.807) is 24.3 Å². The first-order valence-electron chi connectivity index (χ1n) is 7.94. The maximum atomic E-state index is 12.5. The summed E-state index contributed by atoms with van der Waals surface area (Å²) in [5.41, 5.74) is 5.47. The van der Waals surface area contributed by atoms with Gasteiger partial charge in [-0.05, 0) is 57.2 Å². The Labute approximate surface area is 146 Å². The highest BCUT2D eigenvalue weighted by Crippen LogP contribution is 2.23. The molecular formula is C20H18N4O. The molecule has 1 N–H and O–H groups in total. The van der Waals surface area contributed by atoms with Crippen molar-refractivity contribution in [1.82, 2.24) is 9.78 Å². The minimum absolute atomic E-state index is 0.223. The second kappa shape index (κ2) is 6.62. The molecule has 1 aromatic heterocycles. The first kappa shape index (κ1) is 16.5. The molecule has 5 nitrogen and oxygen atoms in total. The van der Waals surface area contributed by atoms with Crippen molar-refractivity contribution in [2.75, 3.05) is 5.32 Å². The molecule has 25 heavy (non-hydrogen) atoms. The minimum atomic E-state index is -0.223. The van der Waals surface area contributed by atoms with E-state index in [4.69, 9.17) is 5.26 Å². The highest BCUT2D eigenvalue weighted by atomic mass is 16.1. The standard InChI is InChI=1S/C20H18N4O/c1-13-4-10-18(11-5-13)24-15(3)19(14(2)23-24)22-20(25)17-8-6-16(12-21)7-9-17/h4-11H,1-3H3,(H,22,25). The molecule has 0 aliphatic heterocycles. The van der Waals surface area contributed by atoms with Crippen LogP contribution in [-0.2, 0) is 0 Å². The molecule has 5 heteroatoms. The molecule has 0 aliphatic carbocycles. The number of carbonyl (C=O) groups excluding carboxylic acids is 1. The van der Waals surface area contributed by atoms with E-state index in [1.165, 1.54) is 5.56 Å². The van der Waals surface area contributed by atoms with E-state index < -0.39 is 0 Å². The number of nitrogens with one attached hydrogen (secondary N) is 1. The van der Waals surface area contributed by atoms with Crippen LogP contribution in [0.25, 0.3) is 5.69 Å². The fraction of sp³-hybridized carbons (Fsp3) is 0.150. The summed E-state index contributed by atoms with van der Waals surface area (Å²) in [6.45, 7) is 5.83. The second-order valence-corrected chi connectivity index (χ2v) is 5.94. The normalized spacial score (nSPS) is 10.3. The van der Waals surface area contributed by atoms with Crippen molar-refractivity contribution < 1.29 is 4.79 Å². The molecule has 0 radical (unpaired) electrons. The third-order valence-corrected chi connectivity index (χ3v) is 4.08. The molecule has 0 spiro atoms. The van der Waals surface area contributed by atoms with E-state index in [1.807, 2.05) is 55.8 Å². The average molecular weight is 330 g/mol. The van der Waals surface area contributed by atoms with Crippen molar-refractivity contribution in [2.45, 2.75) is 20.8 Å². The molecular weight excluding hydrogens is 312 g/mol. The Hall–Kier alpha value is -3.39. The van der Waals surface area contributed by atoms with E-state index in [2.05, 4.69) is 10.4 Å². The molecule has 3 aromatic rings. The number of carbonyl (C=O) groups is 1. The van der Waals surface area contributed by atoms with Gasteiger partial charge in [0.2, 0.25) is 0 Å². The maximum absolute atomic E-state index is 12.5. The van der Waals surface area contributed by atoms with Gasteiger partial charge in [-0.15, -0.1) is 0 Å². The summed E-state index contributed by atoms with van der Waals surface area (Å²) in [6.07, 6.45) is 0. The van der Waals surface area contributed by atoms with Crippen molar-refractivity contribution in [3.63, 3.8) is 0 Å². The molecule has 0 unspecified atom stereocenters. The lowest BCUT2D eigenvalue weighted by Gasteiger charge is -2.07. The number of anilines is 1. The summed E-state index contributed by atoms with van der Waals surface area (Å²) in [7, 11) is 0. The number of hydrogen-bond acceptors (Lipinski definition) is 3. The van der Waals surface area contributed by atoms with Gasteiger partial charge in [0.05, 0.1) is 34.4 Å². The van der Waals surface area contributed by atoms with E-state index in [0.29, 0.717) is 16.8 Å². The Balaban J connectivity index is 1.89. The lowest BCUT2D eigenvalue weighted by atomic mass is 10.1. The monoisotopic (exact) mass is 330 g/mol. The molecule has 0 atom stereocenters. The van der Waals surface area contributed by atoms with Gasteiger partial charge in [-0.3, -0.25) is 4.79 Å². The number of aromatic nitrogens is 2. The number of nitrogens with zero attached hydrogens (tertiary/aromatic N) is 3. The molecule has 0 bridgehead atoms. The van der Waals surface area contributed by atoms with E-state index >= 15 is 0 Å². The van der Waals surface area contributed by atoms with Crippen molar-refractivity contribution in [3.05, 3.63) is 76.6 Å². The molecule has 1 amide bonds. The van der Waals surface area contributed by atoms with E-state index in [-0.39, 0.29) is 5.91 Å². The SMILES string of the molecule is Cc1ccc(-n2nc(C)c(NC(=O)c3ccc(C#N)cc3)c2C)cc1. The molecule has 0 fully saturated rings. The number of aryl methyl sites for hydroxylation is 2. The molecule has 0 saturated carbocycles. The highest BCUT2D eigenvalue weighted by Gasteiger charge is 2.16. The fourth-order valence-corrected chi connectivity index (χ4v) is 2.64. The van der Waals surface area contributed by atoms with Crippen LogP contribution >= 0.6 is 0 Å². The predicted octanol–water partition coefficient (Wildman–Crippen LogP) is 3.92. The largest absolute Gasteiger partial charge is 0.319 e. The van der Waals surface area contributed by atoms with Crippen molar-refractivity contribution in [3.8, 4) is 11.8 Å². The Kier molecular flexibility index (Phi) is 4.36. The first-order chi connectivity index (χ1) is 12.0. The third-order valence-electron chi connectivity index (χ3n) is 4.08. The van der Waals surface area contributed by atoms with Gasteiger partial charge in [0, 0.05) is 5.56 Å². The van der Waals surface area contributed by atoms with Crippen LogP contribution in [0.3, 0.4) is 0 Å². The van der Waals surface area contributed by atoms with Crippen molar-refractivity contribution >= 4 is 11.6 Å². The smallest absolute Gasteiger partial charge is 0.255 e. The molecule has 2 aromatic carbocycles. The van der Waals surface area contributed by atoms with Crippen LogP contribution in [0.4, 0.5) is 5.69 Å². The van der Waals surface area contributed by atoms with Crippen LogP contribution in [0.5, 0.6) is 0 Å². The summed E-state index contributed by atoms with van der Waals surface area (Å²) in [4.78, 5) is 12.5. The van der Waals surface area contributed by atoms with Gasteiger partial charge in [-0.25, -0.2) is 4.68 Å². The number of benzene rings is 2. The van der Waals surface area contributed by atoms with Crippen LogP contribution in [0, 0.1) is 32.1 Å². The molecule has 0 aliphatic rings. The minimum Gasteiger partial charge on any atom is -0.319 e. The average Bonchev–Trinajstić information content (AvgIpc) is 2.90. The third kappa shape index (κ3) is 3.29. The highest BCUT2D eigenvalue weighted by molar-refractivity contribution is 6.04. The summed E-state index contributed by atoms with van der Waals surface area (Å²) in [5, 5.41) is 16.3. The van der Waals surface area contributed by atoms with Crippen molar-refractivity contribution in [1.29, 1.82) is 5.26 Å². The summed E-state index contributed by atoms with van der Waals surface area (Å²) >= 11 is 0. The predicted molar refractivity (Wildman–Crippen MR) is 96.9 cm³/mol. The van der Waals surface area contributed by atoms with Crippen LogP contribution in [0.1, 0.15) is 32.9 Å². The topological polar surface area (TPSA) is 70.7 Å². The lowest BCUT2D eigenvalue weighted by Crippen LogP contribution is -2.13. The number of nitriles is 1. The summed E-state index contributed by atoms with van der Waals surface area (Å²) in [6, 6.07) is 16.6. The maximum Gasteiger partial charge on any atom is 0.255 e. The van der Waals surface area contributed by atoms with Crippen LogP contribution in [0.2, 0.25) is 0 Å². The number of rotatable bonds is 3. The van der Waals surface area contributed by atoms with Gasteiger partial charge in [0.1, 0.15) is 0 Å². The number of amides is 1. The molecule has 1 heterocycles. The summed E-state index contributed by atoms with van der Waals surface area (Å²) < 4.78 is 1.82. The molecule has 3 rings (SSSR count). The number of hydrogen-bond donors (Lipinski definition) is 1. The van der Waals surface area contributed by atoms with Gasteiger partial charge in [0.25, 0.3) is 5.91 Å². The van der Waals surface area contributed by atoms with Crippen LogP contribution in [-0.4, -0.2) is 15.7 Å². The van der Waals surface area contributed by atoms with E-state index in [9.17, 15) is 4.79 Å². The fourth-order valence-electron chi connectivity index (χ4n) is 2.64. The zero-order valence-electron chi connectivity index (χ0n) is 14.4. The van der Waals surface area contributed by atoms with Gasteiger partial charge < -0.3 is 5.32 Å². The van der Waals surface area contributed by atoms with Gasteiger partial charge in [-0.1, -0.05) is 17.7 Å². The van der Waals surface area contributed by atoms with Gasteiger partial charge in [0.15, 0.2) is 0 Å². The summed E-state index contributed by atoms with van der Waals surface area (Å²) in [5.74, 6) is -0.223. The van der Waals surface area contributed by atoms with Crippen molar-refractivity contribution in [2.24, 2.45) is 0 Å². The van der Waals surface area contributed by atoms with Crippen LogP contribution in [0.15, 0.2) is 48.5 Å². The quantitative estimate of drug-likeness (QED) is 0.791. The Morgan fingerprint density at radius 3 is 2.28 bits per heavy atom. The first-order valence-corrected chi connectivity index (χ1v) is 7.94. The lowest BCUT2D eigenvalue weighted by molar-refractivity contribution is 0.102. The Morgan fingerprint density at radius 1 is 1.04 bits per heavy atom. The molecule has 124 valence electrons. The Bertz CT molecular complexity index is 961. The molecule has 0 saturated heterocycles. The van der Waals surface area contributed by atoms with E-state index in [0.717, 1.165) is 17.1 Å². The van der Waals surface area contributed by atoms with Gasteiger partial charge >= 0.3 is 0 Å². The Morgan fingerprint density at radius 2 is 1.68 bits per heavy atom. The van der Waals surface area contributed by atoms with Crippen LogP contribution < -0.4 is 5.32 Å².